The number of aromatic hydroxyl groups is 4. The van der Waals surface area contributed by atoms with Crippen LogP contribution in [0.4, 0.5) is 17.1 Å². The molecule has 0 atom stereocenters. The van der Waals surface area contributed by atoms with E-state index >= 15 is 0 Å². The lowest BCUT2D eigenvalue weighted by molar-refractivity contribution is -0.386. The Labute approximate surface area is 639 Å². The minimum Gasteiger partial charge on any atom is -0.504 e. The summed E-state index contributed by atoms with van der Waals surface area (Å²) >= 11 is 0. The number of ether oxygens (including phenoxy) is 10. The van der Waals surface area contributed by atoms with Crippen LogP contribution in [-0.4, -0.2) is 132 Å². The molecule has 580 valence electrons. The third-order valence-electron chi connectivity index (χ3n) is 15.9. The van der Waals surface area contributed by atoms with Gasteiger partial charge in [-0.15, -0.1) is 0 Å². The summed E-state index contributed by atoms with van der Waals surface area (Å²) in [6.45, 7) is 3.45. The van der Waals surface area contributed by atoms with Gasteiger partial charge >= 0.3 is 17.0 Å². The number of benzene rings is 10. The number of carbonyl (C=O) groups is 1. The predicted octanol–water partition coefficient (Wildman–Crippen LogP) is 13.6. The largest absolute Gasteiger partial charge is 0.504 e. The van der Waals surface area contributed by atoms with Gasteiger partial charge in [-0.25, -0.2) is 19.7 Å². The van der Waals surface area contributed by atoms with Gasteiger partial charge in [0.25, 0.3) is 11.1 Å². The normalized spacial score (nSPS) is 10.2. The van der Waals surface area contributed by atoms with Crippen LogP contribution in [0.1, 0.15) is 33.5 Å². The van der Waals surface area contributed by atoms with Gasteiger partial charge in [-0.05, 0) is 134 Å². The average molecular weight is 1530 g/mol. The maximum Gasteiger partial charge on any atom is 0.352 e. The van der Waals surface area contributed by atoms with Crippen molar-refractivity contribution >= 4 is 68.2 Å². The lowest BCUT2D eigenvalue weighted by atomic mass is 10.1. The summed E-state index contributed by atoms with van der Waals surface area (Å²) in [6, 6.07) is 55.8. The van der Waals surface area contributed by atoms with Crippen LogP contribution in [0.15, 0.2) is 219 Å². The molecule has 0 aliphatic carbocycles. The molecule has 0 fully saturated rings. The topological polar surface area (TPSA) is 415 Å². The molecule has 31 nitrogen and oxygen atoms in total. The van der Waals surface area contributed by atoms with E-state index in [2.05, 4.69) is 9.97 Å². The molecule has 0 spiro atoms. The van der Waals surface area contributed by atoms with Crippen LogP contribution in [0.25, 0.3) is 56.2 Å². The fourth-order valence-electron chi connectivity index (χ4n) is 10.6. The van der Waals surface area contributed by atoms with E-state index < -0.39 is 27.0 Å². The minimum absolute atomic E-state index is 0.00388. The number of hydrogen-bond acceptors (Lipinski definition) is 27. The lowest BCUT2D eigenvalue weighted by Gasteiger charge is -2.17. The van der Waals surface area contributed by atoms with Gasteiger partial charge in [-0.2, -0.15) is 0 Å². The highest BCUT2D eigenvalue weighted by Crippen LogP contribution is 2.39. The maximum absolute atomic E-state index is 13.6. The van der Waals surface area contributed by atoms with Gasteiger partial charge in [0.15, 0.2) is 46.7 Å². The van der Waals surface area contributed by atoms with Crippen LogP contribution in [0.5, 0.6) is 80.5 Å². The summed E-state index contributed by atoms with van der Waals surface area (Å²) in [4.78, 5) is 80.6. The molecule has 0 aliphatic heterocycles. The van der Waals surface area contributed by atoms with Crippen LogP contribution in [-0.2, 0) is 0 Å². The van der Waals surface area contributed by atoms with E-state index in [9.17, 15) is 49.6 Å². The van der Waals surface area contributed by atoms with Crippen molar-refractivity contribution in [1.82, 2.24) is 24.1 Å². The highest BCUT2D eigenvalue weighted by atomic mass is 16.6. The standard InChI is InChI=1S/C25H22N2O5.C17H16N2O3.C9H7NO2.C8H9NO4.C8H11NO2.C8H8O3.C6H5NO4/c1-30-19-11-7-12-20(31-2)23(19)27-22(26-18-10-5-4-9-17(18)25(27)29)15-14-16-8-6-13-21(32-3)24(16)28;1-11-18-13-8-5-4-7-12(13)17(20)19(11)16-14(21-2)9-6-10-15(16)22-3;1-6-10-8-5-3-2-4-7(8)9(11)12-6;1-12-6-4-3-5-7(13-2)8(6)9(10)11;1-10-6-4-3-5-7(11-2)8(6)9;1-11-7-4-2-3-6(5-9)8(7)10;8-4-2-1-3-5(9)6(4)7(10)11/h4-15,28H,1-3H3;4-10H,1-3H3;2-5H,1H3;3-5H,1-2H3;3-5H,9H2,1-2H3;2-5,10H,1H3;1-3,8-9H/b15-14+;;;;;;. The van der Waals surface area contributed by atoms with Crippen LogP contribution in [0.2, 0.25) is 0 Å². The van der Waals surface area contributed by atoms with E-state index in [0.29, 0.717) is 125 Å². The Hall–Kier alpha value is -15.2. The summed E-state index contributed by atoms with van der Waals surface area (Å²) < 4.78 is 59.2. The monoisotopic (exact) mass is 1530 g/mol. The predicted molar refractivity (Wildman–Crippen MR) is 421 cm³/mol. The van der Waals surface area contributed by atoms with Gasteiger partial charge in [0, 0.05) is 12.5 Å². The van der Waals surface area contributed by atoms with Crippen molar-refractivity contribution < 1.29 is 86.9 Å². The number of nitro groups is 2. The first-order valence-corrected chi connectivity index (χ1v) is 33.1. The van der Waals surface area contributed by atoms with Crippen LogP contribution in [0, 0.1) is 34.1 Å². The molecule has 112 heavy (non-hydrogen) atoms. The maximum atomic E-state index is 13.6. The Morgan fingerprint density at radius 3 is 1.15 bits per heavy atom. The number of hydrogen-bond donors (Lipinski definition) is 5. The molecule has 13 aromatic rings. The Kier molecular flexibility index (Phi) is 30.4. The molecule has 0 aliphatic rings. The molecule has 13 rings (SSSR count). The zero-order chi connectivity index (χ0) is 81.7. The molecular formula is C81H78N8O23. The Morgan fingerprint density at radius 1 is 0.393 bits per heavy atom. The highest BCUT2D eigenvalue weighted by Gasteiger charge is 2.23. The van der Waals surface area contributed by atoms with E-state index in [0.717, 1.165) is 12.1 Å². The number of rotatable bonds is 17. The Morgan fingerprint density at radius 2 is 0.732 bits per heavy atom. The van der Waals surface area contributed by atoms with Gasteiger partial charge in [0.2, 0.25) is 11.5 Å². The van der Waals surface area contributed by atoms with Crippen LogP contribution < -0.4 is 69.8 Å². The molecule has 6 N–H and O–H groups in total. The summed E-state index contributed by atoms with van der Waals surface area (Å²) in [7, 11) is 15.0. The molecule has 10 aromatic carbocycles. The van der Waals surface area contributed by atoms with E-state index in [4.69, 9.17) is 72.7 Å². The van der Waals surface area contributed by atoms with Crippen molar-refractivity contribution in [2.75, 3.05) is 76.8 Å². The second-order valence-corrected chi connectivity index (χ2v) is 22.5. The van der Waals surface area contributed by atoms with Crippen molar-refractivity contribution in [3.8, 4) is 91.9 Å². The number of nitrogens with two attached hydrogens (primary N) is 1. The number of phenols is 4. The molecule has 0 bridgehead atoms. The van der Waals surface area contributed by atoms with Gasteiger partial charge in [0.1, 0.15) is 63.2 Å². The number of fused-ring (bicyclic) bond motifs is 3. The highest BCUT2D eigenvalue weighted by molar-refractivity contribution is 5.83. The molecule has 3 aromatic heterocycles. The molecule has 0 saturated heterocycles. The molecule has 3 heterocycles. The number of methoxy groups -OCH3 is 10. The van der Waals surface area contributed by atoms with Crippen molar-refractivity contribution in [1.29, 1.82) is 0 Å². The summed E-state index contributed by atoms with van der Waals surface area (Å²) in [6.07, 6.45) is 3.92. The number of phenolic OH excluding ortho intramolecular Hbond substituents is 4. The van der Waals surface area contributed by atoms with Gasteiger partial charge < -0.3 is 77.9 Å². The molecule has 0 saturated carbocycles. The van der Waals surface area contributed by atoms with Gasteiger partial charge in [-0.1, -0.05) is 84.9 Å². The molecule has 0 radical (unpaired) electrons. The fraction of sp³-hybridized carbons (Fsp3) is 0.148. The number of aryl methyl sites for hydroxylation is 2. The molecule has 31 heteroatoms. The number of nitrogen functional groups attached to an aromatic ring is 1. The molecule has 0 unspecified atom stereocenters. The SMILES string of the molecule is COc1cccc(/C=C/c2nc3ccccc3c(=O)n2-c2c(OC)cccc2OC)c1O.COc1cccc(C=O)c1O.COc1cccc(OC)c1-n1c(C)nc2ccccc2c1=O.COc1cccc(OC)c1N.COc1cccc(OC)c1[N+](=O)[O-].Cc1nc2ccccc2c(=O)o1.O=[N+]([O-])c1c(O)cccc1O. The number of carbonyl (C=O) groups excluding carboxylic acids is 1. The third kappa shape index (κ3) is 20.3. The molecular weight excluding hydrogens is 1450 g/mol. The first-order chi connectivity index (χ1) is 53.9. The third-order valence-corrected chi connectivity index (χ3v) is 15.9. The van der Waals surface area contributed by atoms with Crippen LogP contribution >= 0.6 is 0 Å². The van der Waals surface area contributed by atoms with E-state index in [1.165, 1.54) is 76.1 Å². The Balaban J connectivity index is 0.000000191. The summed E-state index contributed by atoms with van der Waals surface area (Å²) in [5, 5.41) is 59.7. The summed E-state index contributed by atoms with van der Waals surface area (Å²) in [5.41, 5.74) is 8.33. The minimum atomic E-state index is -0.843. The number of anilines is 1. The van der Waals surface area contributed by atoms with E-state index in [1.54, 1.807) is 176 Å². The smallest absolute Gasteiger partial charge is 0.352 e. The number of aromatic nitrogens is 5. The first kappa shape index (κ1) is 84.1. The number of nitrogens with zero attached hydrogens (tertiary/aromatic N) is 7. The van der Waals surface area contributed by atoms with E-state index in [1.807, 2.05) is 42.5 Å². The second-order valence-electron chi connectivity index (χ2n) is 22.5. The second kappa shape index (κ2) is 40.5. The van der Waals surface area contributed by atoms with Gasteiger partial charge in [0.05, 0.1) is 119 Å². The van der Waals surface area contributed by atoms with Crippen molar-refractivity contribution in [3.05, 3.63) is 280 Å². The van der Waals surface area contributed by atoms with Crippen molar-refractivity contribution in [2.45, 2.75) is 13.8 Å². The average Bonchev–Trinajstić information content (AvgIpc) is 0.720. The quantitative estimate of drug-likeness (QED) is 0.0245. The Bertz CT molecular complexity index is 5580. The van der Waals surface area contributed by atoms with Crippen molar-refractivity contribution in [2.24, 2.45) is 0 Å². The molecule has 0 amide bonds. The van der Waals surface area contributed by atoms with Crippen molar-refractivity contribution in [3.63, 3.8) is 0 Å². The lowest BCUT2D eigenvalue weighted by Crippen LogP contribution is -2.23. The summed E-state index contributed by atoms with van der Waals surface area (Å²) in [5.74, 6) is 4.53. The number of nitro benzene ring substituents is 2. The van der Waals surface area contributed by atoms with E-state index in [-0.39, 0.29) is 51.0 Å². The van der Waals surface area contributed by atoms with Crippen LogP contribution in [0.3, 0.4) is 0 Å². The zero-order valence-corrected chi connectivity index (χ0v) is 62.5. The number of para-hydroxylation sites is 10. The first-order valence-electron chi connectivity index (χ1n) is 33.1. The zero-order valence-electron chi connectivity index (χ0n) is 62.5. The fourth-order valence-corrected chi connectivity index (χ4v) is 10.6. The number of aldehydes is 1. The van der Waals surface area contributed by atoms with Gasteiger partial charge in [-0.3, -0.25) is 43.7 Å².